The molecule has 1 fully saturated rings. The summed E-state index contributed by atoms with van der Waals surface area (Å²) >= 11 is 0. The second-order valence-electron chi connectivity index (χ2n) is 5.32. The van der Waals surface area contributed by atoms with E-state index in [0.29, 0.717) is 13.2 Å². The van der Waals surface area contributed by atoms with Gasteiger partial charge in [0.05, 0.1) is 12.5 Å². The van der Waals surface area contributed by atoms with E-state index in [1.165, 1.54) is 5.56 Å². The van der Waals surface area contributed by atoms with Gasteiger partial charge in [0, 0.05) is 19.1 Å². The van der Waals surface area contributed by atoms with Crippen molar-refractivity contribution in [1.82, 2.24) is 10.2 Å². The third-order valence-electron chi connectivity index (χ3n) is 3.88. The summed E-state index contributed by atoms with van der Waals surface area (Å²) in [6.45, 7) is 4.84. The van der Waals surface area contributed by atoms with Crippen molar-refractivity contribution >= 4 is 30.8 Å². The van der Waals surface area contributed by atoms with E-state index < -0.39 is 0 Å². The van der Waals surface area contributed by atoms with Crippen LogP contribution in [-0.4, -0.2) is 43.7 Å². The number of rotatable bonds is 5. The van der Waals surface area contributed by atoms with E-state index in [9.17, 15) is 4.79 Å². The second kappa shape index (κ2) is 10.8. The summed E-state index contributed by atoms with van der Waals surface area (Å²) in [5.41, 5.74) is 1.27. The molecule has 1 aromatic carbocycles. The van der Waals surface area contributed by atoms with E-state index >= 15 is 0 Å². The monoisotopic (exact) mass is 348 g/mol. The van der Waals surface area contributed by atoms with Crippen molar-refractivity contribution in [2.24, 2.45) is 5.92 Å². The highest BCUT2D eigenvalue weighted by Gasteiger charge is 2.34. The largest absolute Gasteiger partial charge is 0.466 e. The molecule has 1 aromatic rings. The summed E-state index contributed by atoms with van der Waals surface area (Å²) in [5.74, 6) is -0.151. The molecule has 1 aliphatic heterocycles. The molecule has 0 amide bonds. The number of nitrogens with one attached hydrogen (secondary N) is 1. The molecule has 126 valence electrons. The Balaban J connectivity index is 0.00000220. The molecule has 0 aliphatic carbocycles. The van der Waals surface area contributed by atoms with Crippen molar-refractivity contribution in [2.75, 3.05) is 26.7 Å². The van der Waals surface area contributed by atoms with Gasteiger partial charge in [0.2, 0.25) is 0 Å². The maximum Gasteiger partial charge on any atom is 0.311 e. The minimum atomic E-state index is -0.0791. The zero-order valence-corrected chi connectivity index (χ0v) is 14.8. The average Bonchev–Trinajstić information content (AvgIpc) is 2.48. The molecule has 22 heavy (non-hydrogen) atoms. The minimum Gasteiger partial charge on any atom is -0.466 e. The summed E-state index contributed by atoms with van der Waals surface area (Å²) < 4.78 is 5.21. The third-order valence-corrected chi connectivity index (χ3v) is 3.88. The van der Waals surface area contributed by atoms with E-state index in [-0.39, 0.29) is 42.7 Å². The van der Waals surface area contributed by atoms with Gasteiger partial charge in [0.15, 0.2) is 0 Å². The normalized spacial score (nSPS) is 20.7. The van der Waals surface area contributed by atoms with Crippen LogP contribution in [0.15, 0.2) is 30.3 Å². The van der Waals surface area contributed by atoms with Gasteiger partial charge in [-0.3, -0.25) is 9.69 Å². The lowest BCUT2D eigenvalue weighted by Gasteiger charge is -2.37. The van der Waals surface area contributed by atoms with Crippen LogP contribution in [0.3, 0.4) is 0 Å². The molecule has 4 nitrogen and oxygen atoms in total. The van der Waals surface area contributed by atoms with Crippen molar-refractivity contribution in [3.8, 4) is 0 Å². The molecule has 1 aliphatic rings. The number of halogens is 2. The zero-order chi connectivity index (χ0) is 14.4. The summed E-state index contributed by atoms with van der Waals surface area (Å²) in [5, 5.41) is 3.30. The van der Waals surface area contributed by atoms with Crippen molar-refractivity contribution in [2.45, 2.75) is 25.9 Å². The molecule has 0 unspecified atom stereocenters. The first-order chi connectivity index (χ1) is 9.72. The van der Waals surface area contributed by atoms with Gasteiger partial charge in [0.1, 0.15) is 0 Å². The molecule has 1 saturated heterocycles. The van der Waals surface area contributed by atoms with E-state index in [1.807, 2.05) is 13.0 Å². The molecule has 0 spiro atoms. The van der Waals surface area contributed by atoms with Crippen LogP contribution in [0.2, 0.25) is 0 Å². The summed E-state index contributed by atoms with van der Waals surface area (Å²) in [4.78, 5) is 14.4. The van der Waals surface area contributed by atoms with E-state index in [4.69, 9.17) is 4.74 Å². The fraction of sp³-hybridized carbons (Fsp3) is 0.562. The van der Waals surface area contributed by atoms with Crippen LogP contribution in [0.25, 0.3) is 0 Å². The predicted molar refractivity (Wildman–Crippen MR) is 93.8 cm³/mol. The van der Waals surface area contributed by atoms with Crippen LogP contribution < -0.4 is 5.32 Å². The molecule has 0 bridgehead atoms. The molecule has 0 saturated carbocycles. The first-order valence-electron chi connectivity index (χ1n) is 7.34. The average molecular weight is 349 g/mol. The topological polar surface area (TPSA) is 41.6 Å². The molecule has 1 heterocycles. The number of carbonyl (C=O) groups excluding carboxylic acids is 1. The number of benzene rings is 1. The van der Waals surface area contributed by atoms with E-state index in [2.05, 4.69) is 41.5 Å². The van der Waals surface area contributed by atoms with Gasteiger partial charge >= 0.3 is 5.97 Å². The lowest BCUT2D eigenvalue weighted by molar-refractivity contribution is -0.151. The van der Waals surface area contributed by atoms with Crippen molar-refractivity contribution in [3.05, 3.63) is 35.9 Å². The van der Waals surface area contributed by atoms with Crippen LogP contribution in [0.1, 0.15) is 18.9 Å². The van der Waals surface area contributed by atoms with Gasteiger partial charge in [-0.25, -0.2) is 0 Å². The Morgan fingerprint density at radius 1 is 1.32 bits per heavy atom. The molecular formula is C16H26Cl2N2O2. The van der Waals surface area contributed by atoms with Crippen LogP contribution in [0, 0.1) is 5.92 Å². The first kappa shape index (κ1) is 21.2. The fourth-order valence-corrected chi connectivity index (χ4v) is 2.85. The van der Waals surface area contributed by atoms with Crippen molar-refractivity contribution in [1.29, 1.82) is 0 Å². The SMILES string of the molecule is CCOC(=O)[C@@H]1CNCC[C@H]1N(C)Cc1ccccc1.Cl.Cl. The number of hydrogen-bond donors (Lipinski definition) is 1. The Bertz CT molecular complexity index is 431. The Hall–Kier alpha value is -0.810. The molecule has 0 aromatic heterocycles. The van der Waals surface area contributed by atoms with Gasteiger partial charge in [-0.05, 0) is 32.5 Å². The minimum absolute atomic E-state index is 0. The number of hydrogen-bond acceptors (Lipinski definition) is 4. The van der Waals surface area contributed by atoms with Gasteiger partial charge in [-0.1, -0.05) is 30.3 Å². The van der Waals surface area contributed by atoms with Crippen LogP contribution >= 0.6 is 24.8 Å². The molecule has 1 N–H and O–H groups in total. The quantitative estimate of drug-likeness (QED) is 0.830. The van der Waals surface area contributed by atoms with Crippen molar-refractivity contribution < 1.29 is 9.53 Å². The van der Waals surface area contributed by atoms with E-state index in [0.717, 1.165) is 19.5 Å². The maximum absolute atomic E-state index is 12.1. The highest BCUT2D eigenvalue weighted by atomic mass is 35.5. The highest BCUT2D eigenvalue weighted by Crippen LogP contribution is 2.20. The lowest BCUT2D eigenvalue weighted by atomic mass is 9.92. The van der Waals surface area contributed by atoms with Crippen LogP contribution in [-0.2, 0) is 16.1 Å². The van der Waals surface area contributed by atoms with Gasteiger partial charge in [0.25, 0.3) is 0 Å². The van der Waals surface area contributed by atoms with Crippen LogP contribution in [0.4, 0.5) is 0 Å². The Labute approximate surface area is 145 Å². The molecule has 0 radical (unpaired) electrons. The third kappa shape index (κ3) is 5.76. The Kier molecular flexibility index (Phi) is 10.4. The maximum atomic E-state index is 12.1. The van der Waals surface area contributed by atoms with Gasteiger partial charge in [-0.2, -0.15) is 0 Å². The van der Waals surface area contributed by atoms with Crippen molar-refractivity contribution in [3.63, 3.8) is 0 Å². The first-order valence-corrected chi connectivity index (χ1v) is 7.34. The Morgan fingerprint density at radius 3 is 2.64 bits per heavy atom. The Morgan fingerprint density at radius 2 is 2.00 bits per heavy atom. The number of piperidine rings is 1. The summed E-state index contributed by atoms with van der Waals surface area (Å²) in [6, 6.07) is 10.6. The van der Waals surface area contributed by atoms with Gasteiger partial charge in [-0.15, -0.1) is 24.8 Å². The fourth-order valence-electron chi connectivity index (χ4n) is 2.85. The predicted octanol–water partition coefficient (Wildman–Crippen LogP) is 2.50. The number of ether oxygens (including phenoxy) is 1. The number of esters is 1. The van der Waals surface area contributed by atoms with E-state index in [1.54, 1.807) is 0 Å². The molecule has 6 heteroatoms. The molecule has 2 atom stereocenters. The second-order valence-corrected chi connectivity index (χ2v) is 5.32. The van der Waals surface area contributed by atoms with Crippen LogP contribution in [0.5, 0.6) is 0 Å². The van der Waals surface area contributed by atoms with Gasteiger partial charge < -0.3 is 10.1 Å². The highest BCUT2D eigenvalue weighted by molar-refractivity contribution is 5.85. The summed E-state index contributed by atoms with van der Waals surface area (Å²) in [7, 11) is 2.09. The number of nitrogens with zero attached hydrogens (tertiary/aromatic N) is 1. The standard InChI is InChI=1S/C16H24N2O2.2ClH/c1-3-20-16(19)14-11-17-10-9-15(14)18(2)12-13-7-5-4-6-8-13;;/h4-8,14-15,17H,3,9-12H2,1-2H3;2*1H/t14-,15-;;/m1../s1. The zero-order valence-electron chi connectivity index (χ0n) is 13.2. The smallest absolute Gasteiger partial charge is 0.311 e. The lowest BCUT2D eigenvalue weighted by Crippen LogP contribution is -2.51. The molecule has 2 rings (SSSR count). The summed E-state index contributed by atoms with van der Waals surface area (Å²) in [6.07, 6.45) is 0.979. The molecular weight excluding hydrogens is 323 g/mol. The number of carbonyl (C=O) groups is 1.